The van der Waals surface area contributed by atoms with Crippen molar-refractivity contribution in [3.63, 3.8) is 0 Å². The third-order valence-electron chi connectivity index (χ3n) is 4.76. The van der Waals surface area contributed by atoms with Crippen LogP contribution in [-0.4, -0.2) is 64.5 Å². The summed E-state index contributed by atoms with van der Waals surface area (Å²) in [5, 5.41) is 1.98. The molecule has 3 heterocycles. The van der Waals surface area contributed by atoms with Crippen molar-refractivity contribution >= 4 is 40.9 Å². The number of benzene rings is 1. The van der Waals surface area contributed by atoms with E-state index in [2.05, 4.69) is 15.0 Å². The number of esters is 1. The van der Waals surface area contributed by atoms with Gasteiger partial charge in [0.1, 0.15) is 0 Å². The fraction of sp³-hybridized carbons (Fsp3) is 0.286. The van der Waals surface area contributed by atoms with E-state index in [1.165, 1.54) is 11.8 Å². The molecule has 160 valence electrons. The predicted molar refractivity (Wildman–Crippen MR) is 119 cm³/mol. The molecule has 3 aromatic rings. The number of carbonyl (C=O) groups excluding carboxylic acids is 2. The number of amides is 1. The Labute approximate surface area is 188 Å². The molecule has 0 atom stereocenters. The van der Waals surface area contributed by atoms with Crippen LogP contribution in [0.15, 0.2) is 58.5 Å². The molecule has 2 aromatic heterocycles. The van der Waals surface area contributed by atoms with E-state index in [0.717, 1.165) is 10.6 Å². The molecule has 1 fully saturated rings. The fourth-order valence-electron chi connectivity index (χ4n) is 3.13. The molecule has 1 saturated heterocycles. The minimum atomic E-state index is -0.494. The molecule has 0 bridgehead atoms. The van der Waals surface area contributed by atoms with Gasteiger partial charge in [0.05, 0.1) is 16.8 Å². The number of hydrogen-bond acceptors (Lipinski definition) is 9. The summed E-state index contributed by atoms with van der Waals surface area (Å²) in [7, 11) is 0. The predicted octanol–water partition coefficient (Wildman–Crippen LogP) is 2.73. The number of piperazine rings is 1. The molecule has 0 saturated carbocycles. The van der Waals surface area contributed by atoms with Gasteiger partial charge in [-0.2, -0.15) is 0 Å². The number of thiazole rings is 1. The van der Waals surface area contributed by atoms with E-state index in [0.29, 0.717) is 43.4 Å². The van der Waals surface area contributed by atoms with Crippen LogP contribution in [0.25, 0.3) is 0 Å². The van der Waals surface area contributed by atoms with Crippen molar-refractivity contribution in [1.82, 2.24) is 19.9 Å². The van der Waals surface area contributed by atoms with Crippen molar-refractivity contribution in [2.75, 3.05) is 37.7 Å². The number of aromatic nitrogens is 3. The number of hydrogen-bond donors (Lipinski definition) is 0. The van der Waals surface area contributed by atoms with E-state index in [1.807, 2.05) is 22.4 Å². The normalized spacial score (nSPS) is 13.8. The lowest BCUT2D eigenvalue weighted by Crippen LogP contribution is -2.50. The monoisotopic (exact) mass is 455 g/mol. The summed E-state index contributed by atoms with van der Waals surface area (Å²) >= 11 is 3.06. The molecular weight excluding hydrogens is 434 g/mol. The number of carbonyl (C=O) groups is 2. The third-order valence-corrected chi connectivity index (χ3v) is 6.50. The summed E-state index contributed by atoms with van der Waals surface area (Å²) in [6.45, 7) is 2.08. The maximum Gasteiger partial charge on any atom is 0.339 e. The first-order valence-corrected chi connectivity index (χ1v) is 11.7. The smallest absolute Gasteiger partial charge is 0.339 e. The van der Waals surface area contributed by atoms with Gasteiger partial charge < -0.3 is 14.5 Å². The molecule has 1 amide bonds. The minimum Gasteiger partial charge on any atom is -0.452 e. The van der Waals surface area contributed by atoms with Crippen molar-refractivity contribution in [3.8, 4) is 0 Å². The molecule has 4 rings (SSSR count). The second kappa shape index (κ2) is 10.4. The van der Waals surface area contributed by atoms with Crippen LogP contribution in [-0.2, 0) is 15.3 Å². The average molecular weight is 456 g/mol. The number of anilines is 1. The Bertz CT molecular complexity index is 1010. The van der Waals surface area contributed by atoms with Gasteiger partial charge in [0, 0.05) is 54.6 Å². The number of rotatable bonds is 7. The van der Waals surface area contributed by atoms with Gasteiger partial charge in [-0.05, 0) is 18.2 Å². The molecule has 0 aliphatic carbocycles. The van der Waals surface area contributed by atoms with E-state index in [9.17, 15) is 9.59 Å². The van der Waals surface area contributed by atoms with Crippen LogP contribution in [0, 0.1) is 0 Å². The standard InChI is InChI=1S/C21H21N5O3S2/c27-19(25-8-10-26(11-9-25)21-22-6-3-7-23-21)12-29-20(28)17-4-1-2-5-18(17)31-14-16-13-30-15-24-16/h1-7,13,15H,8-12,14H2. The van der Waals surface area contributed by atoms with E-state index >= 15 is 0 Å². The highest BCUT2D eigenvalue weighted by Gasteiger charge is 2.24. The lowest BCUT2D eigenvalue weighted by atomic mass is 10.2. The molecule has 8 nitrogen and oxygen atoms in total. The number of ether oxygens (including phenoxy) is 1. The van der Waals surface area contributed by atoms with Gasteiger partial charge in [0.15, 0.2) is 6.61 Å². The Morgan fingerprint density at radius 2 is 1.81 bits per heavy atom. The van der Waals surface area contributed by atoms with Crippen molar-refractivity contribution in [3.05, 3.63) is 64.9 Å². The van der Waals surface area contributed by atoms with Gasteiger partial charge in [-0.25, -0.2) is 19.7 Å². The summed E-state index contributed by atoms with van der Waals surface area (Å²) in [5.41, 5.74) is 3.21. The lowest BCUT2D eigenvalue weighted by Gasteiger charge is -2.34. The van der Waals surface area contributed by atoms with Crippen LogP contribution in [0.5, 0.6) is 0 Å². The zero-order valence-corrected chi connectivity index (χ0v) is 18.3. The van der Waals surface area contributed by atoms with Crippen LogP contribution in [0.3, 0.4) is 0 Å². The first kappa shape index (κ1) is 21.3. The van der Waals surface area contributed by atoms with E-state index in [4.69, 9.17) is 4.74 Å². The molecule has 10 heteroatoms. The summed E-state index contributed by atoms with van der Waals surface area (Å²) in [6.07, 6.45) is 3.40. The Morgan fingerprint density at radius 3 is 2.55 bits per heavy atom. The van der Waals surface area contributed by atoms with Gasteiger partial charge in [0.25, 0.3) is 5.91 Å². The van der Waals surface area contributed by atoms with Gasteiger partial charge in [-0.3, -0.25) is 4.79 Å². The minimum absolute atomic E-state index is 0.199. The van der Waals surface area contributed by atoms with Crippen molar-refractivity contribution in [1.29, 1.82) is 0 Å². The Kier molecular flexibility index (Phi) is 7.11. The molecule has 1 aliphatic heterocycles. The molecule has 0 unspecified atom stereocenters. The fourth-order valence-corrected chi connectivity index (χ4v) is 4.74. The highest BCUT2D eigenvalue weighted by atomic mass is 32.2. The number of thioether (sulfide) groups is 1. The molecule has 0 N–H and O–H groups in total. The second-order valence-electron chi connectivity index (χ2n) is 6.76. The average Bonchev–Trinajstić information content (AvgIpc) is 3.35. The largest absolute Gasteiger partial charge is 0.452 e. The summed E-state index contributed by atoms with van der Waals surface area (Å²) in [6, 6.07) is 9.03. The van der Waals surface area contributed by atoms with Crippen molar-refractivity contribution in [2.45, 2.75) is 10.6 Å². The summed E-state index contributed by atoms with van der Waals surface area (Å²) in [5.74, 6) is 0.635. The first-order valence-electron chi connectivity index (χ1n) is 9.76. The molecule has 31 heavy (non-hydrogen) atoms. The van der Waals surface area contributed by atoms with Crippen molar-refractivity contribution < 1.29 is 14.3 Å². The molecule has 0 radical (unpaired) electrons. The third kappa shape index (κ3) is 5.59. The maximum atomic E-state index is 12.6. The number of nitrogens with zero attached hydrogens (tertiary/aromatic N) is 5. The Hall–Kier alpha value is -2.98. The second-order valence-corrected chi connectivity index (χ2v) is 8.49. The maximum absolute atomic E-state index is 12.6. The van der Waals surface area contributed by atoms with Crippen LogP contribution < -0.4 is 4.90 Å². The van der Waals surface area contributed by atoms with Gasteiger partial charge in [-0.15, -0.1) is 23.1 Å². The van der Waals surface area contributed by atoms with Gasteiger partial charge in [0.2, 0.25) is 5.95 Å². The van der Waals surface area contributed by atoms with Crippen LogP contribution >= 0.6 is 23.1 Å². The van der Waals surface area contributed by atoms with Crippen LogP contribution in [0.4, 0.5) is 5.95 Å². The van der Waals surface area contributed by atoms with Crippen LogP contribution in [0.1, 0.15) is 16.1 Å². The van der Waals surface area contributed by atoms with E-state index < -0.39 is 5.97 Å². The molecule has 1 aliphatic rings. The quantitative estimate of drug-likeness (QED) is 0.397. The lowest BCUT2D eigenvalue weighted by molar-refractivity contribution is -0.134. The van der Waals surface area contributed by atoms with E-state index in [-0.39, 0.29) is 12.5 Å². The zero-order chi connectivity index (χ0) is 21.5. The Morgan fingerprint density at radius 1 is 1.03 bits per heavy atom. The summed E-state index contributed by atoms with van der Waals surface area (Å²) in [4.78, 5) is 42.4. The Balaban J connectivity index is 1.27. The topological polar surface area (TPSA) is 88.5 Å². The molecule has 1 aromatic carbocycles. The highest BCUT2D eigenvalue weighted by molar-refractivity contribution is 7.98. The van der Waals surface area contributed by atoms with Crippen LogP contribution in [0.2, 0.25) is 0 Å². The molecule has 0 spiro atoms. The zero-order valence-electron chi connectivity index (χ0n) is 16.7. The van der Waals surface area contributed by atoms with E-state index in [1.54, 1.807) is 52.3 Å². The SMILES string of the molecule is O=C(OCC(=O)N1CCN(c2ncccn2)CC1)c1ccccc1SCc1cscn1. The first-order chi connectivity index (χ1) is 15.2. The van der Waals surface area contributed by atoms with Gasteiger partial charge in [-0.1, -0.05) is 12.1 Å². The molecular formula is C21H21N5O3S2. The van der Waals surface area contributed by atoms with Gasteiger partial charge >= 0.3 is 5.97 Å². The van der Waals surface area contributed by atoms with Crippen molar-refractivity contribution in [2.24, 2.45) is 0 Å². The highest BCUT2D eigenvalue weighted by Crippen LogP contribution is 2.26. The summed E-state index contributed by atoms with van der Waals surface area (Å²) < 4.78 is 5.34.